The molecule has 0 unspecified atom stereocenters. The van der Waals surface area contributed by atoms with Crippen molar-refractivity contribution in [2.75, 3.05) is 30.0 Å². The first-order chi connectivity index (χ1) is 13.9. The fourth-order valence-corrected chi connectivity index (χ4v) is 3.05. The Morgan fingerprint density at radius 1 is 1.07 bits per heavy atom. The zero-order valence-electron chi connectivity index (χ0n) is 16.6. The van der Waals surface area contributed by atoms with E-state index in [9.17, 15) is 14.4 Å². The third kappa shape index (κ3) is 5.34. The van der Waals surface area contributed by atoms with E-state index >= 15 is 0 Å². The molecule has 1 aliphatic rings. The van der Waals surface area contributed by atoms with Crippen molar-refractivity contribution in [2.45, 2.75) is 26.7 Å². The summed E-state index contributed by atoms with van der Waals surface area (Å²) in [6.45, 7) is 3.91. The molecular weight excluding hydrogens is 372 g/mol. The molecule has 2 aromatic rings. The molecule has 1 N–H and O–H groups in total. The molecule has 0 saturated carbocycles. The number of rotatable bonds is 7. The van der Waals surface area contributed by atoms with Crippen molar-refractivity contribution < 1.29 is 23.9 Å². The van der Waals surface area contributed by atoms with Crippen LogP contribution in [-0.2, 0) is 19.1 Å². The third-order valence-electron chi connectivity index (χ3n) is 4.80. The minimum absolute atomic E-state index is 0.108. The number of benzene rings is 2. The number of nitrogens with one attached hydrogen (secondary N) is 1. The summed E-state index contributed by atoms with van der Waals surface area (Å²) in [5.74, 6) is -0.348. The van der Waals surface area contributed by atoms with Gasteiger partial charge in [-0.1, -0.05) is 12.1 Å². The van der Waals surface area contributed by atoms with Crippen LogP contribution in [0.3, 0.4) is 0 Å². The number of esters is 1. The summed E-state index contributed by atoms with van der Waals surface area (Å²) in [7, 11) is 0. The smallest absolute Gasteiger partial charge is 0.344 e. The Labute approximate surface area is 169 Å². The van der Waals surface area contributed by atoms with Gasteiger partial charge in [0.1, 0.15) is 5.75 Å². The summed E-state index contributed by atoms with van der Waals surface area (Å²) in [4.78, 5) is 37.3. The van der Waals surface area contributed by atoms with E-state index in [1.54, 1.807) is 35.2 Å². The highest BCUT2D eigenvalue weighted by molar-refractivity contribution is 5.96. The molecular formula is C22H24N2O5. The number of nitrogens with zero attached hydrogens (tertiary/aromatic N) is 1. The van der Waals surface area contributed by atoms with Crippen molar-refractivity contribution in [3.8, 4) is 5.75 Å². The topological polar surface area (TPSA) is 84.9 Å². The van der Waals surface area contributed by atoms with E-state index in [0.717, 1.165) is 23.2 Å². The molecule has 1 heterocycles. The summed E-state index contributed by atoms with van der Waals surface area (Å²) in [5, 5.41) is 2.66. The maximum Gasteiger partial charge on any atom is 0.344 e. The fourth-order valence-electron chi connectivity index (χ4n) is 3.05. The van der Waals surface area contributed by atoms with Gasteiger partial charge >= 0.3 is 5.97 Å². The number of aryl methyl sites for hydroxylation is 1. The van der Waals surface area contributed by atoms with E-state index in [4.69, 9.17) is 9.47 Å². The van der Waals surface area contributed by atoms with Gasteiger partial charge in [0.25, 0.3) is 5.91 Å². The third-order valence-corrected chi connectivity index (χ3v) is 4.80. The number of anilines is 2. The standard InChI is InChI=1S/C22H24N2O5/c1-15-5-3-6-19(16(15)2)28-14-22(27)29-13-20(25)23-17-8-10-18(11-9-17)24-12-4-7-21(24)26/h3,5-6,8-11H,4,7,12-14H2,1-2H3,(H,23,25). The lowest BCUT2D eigenvalue weighted by Gasteiger charge is -2.16. The lowest BCUT2D eigenvalue weighted by molar-refractivity contribution is -0.149. The predicted molar refractivity (Wildman–Crippen MR) is 109 cm³/mol. The van der Waals surface area contributed by atoms with Crippen LogP contribution in [0.5, 0.6) is 5.75 Å². The molecule has 7 heteroatoms. The molecule has 29 heavy (non-hydrogen) atoms. The molecule has 2 aromatic carbocycles. The second-order valence-corrected chi connectivity index (χ2v) is 6.89. The number of carbonyl (C=O) groups is 3. The summed E-state index contributed by atoms with van der Waals surface area (Å²) >= 11 is 0. The van der Waals surface area contributed by atoms with Crippen molar-refractivity contribution in [3.05, 3.63) is 53.6 Å². The quantitative estimate of drug-likeness (QED) is 0.728. The zero-order valence-corrected chi connectivity index (χ0v) is 16.6. The van der Waals surface area contributed by atoms with Crippen molar-refractivity contribution in [2.24, 2.45) is 0 Å². The molecule has 0 atom stereocenters. The normalized spacial score (nSPS) is 13.3. The SMILES string of the molecule is Cc1cccc(OCC(=O)OCC(=O)Nc2ccc(N3CCCC3=O)cc2)c1C. The number of amides is 2. The highest BCUT2D eigenvalue weighted by atomic mass is 16.6. The average Bonchev–Trinajstić information content (AvgIpc) is 3.14. The van der Waals surface area contributed by atoms with Crippen LogP contribution in [0.25, 0.3) is 0 Å². The molecule has 3 rings (SSSR count). The molecule has 0 aromatic heterocycles. The first-order valence-corrected chi connectivity index (χ1v) is 9.49. The predicted octanol–water partition coefficient (Wildman–Crippen LogP) is 2.99. The van der Waals surface area contributed by atoms with Gasteiger partial charge in [-0.15, -0.1) is 0 Å². The average molecular weight is 396 g/mol. The number of hydrogen-bond donors (Lipinski definition) is 1. The van der Waals surface area contributed by atoms with E-state index in [-0.39, 0.29) is 12.5 Å². The van der Waals surface area contributed by atoms with Crippen LogP contribution in [0.2, 0.25) is 0 Å². The Morgan fingerprint density at radius 3 is 2.52 bits per heavy atom. The zero-order chi connectivity index (χ0) is 20.8. The van der Waals surface area contributed by atoms with E-state index in [1.165, 1.54) is 0 Å². The highest BCUT2D eigenvalue weighted by Crippen LogP contribution is 2.23. The molecule has 0 spiro atoms. The van der Waals surface area contributed by atoms with Gasteiger partial charge in [0.15, 0.2) is 13.2 Å². The fraction of sp³-hybridized carbons (Fsp3) is 0.318. The Morgan fingerprint density at radius 2 is 1.83 bits per heavy atom. The summed E-state index contributed by atoms with van der Waals surface area (Å²) in [6, 6.07) is 12.6. The molecule has 0 radical (unpaired) electrons. The van der Waals surface area contributed by atoms with Crippen molar-refractivity contribution >= 4 is 29.2 Å². The van der Waals surface area contributed by atoms with Gasteiger partial charge in [-0.25, -0.2) is 4.79 Å². The van der Waals surface area contributed by atoms with E-state index in [1.807, 2.05) is 26.0 Å². The summed E-state index contributed by atoms with van der Waals surface area (Å²) in [6.07, 6.45) is 1.42. The molecule has 1 saturated heterocycles. The number of ether oxygens (including phenoxy) is 2. The molecule has 2 amide bonds. The van der Waals surface area contributed by atoms with Crippen LogP contribution in [0.1, 0.15) is 24.0 Å². The van der Waals surface area contributed by atoms with Crippen molar-refractivity contribution in [1.29, 1.82) is 0 Å². The summed E-state index contributed by atoms with van der Waals surface area (Å²) in [5.41, 5.74) is 3.39. The van der Waals surface area contributed by atoms with Gasteiger partial charge in [0.2, 0.25) is 5.91 Å². The second-order valence-electron chi connectivity index (χ2n) is 6.89. The van der Waals surface area contributed by atoms with Crippen LogP contribution < -0.4 is 15.0 Å². The van der Waals surface area contributed by atoms with E-state index in [0.29, 0.717) is 24.4 Å². The van der Waals surface area contributed by atoms with Gasteiger partial charge in [-0.2, -0.15) is 0 Å². The molecule has 1 fully saturated rings. The van der Waals surface area contributed by atoms with Gasteiger partial charge in [0.05, 0.1) is 0 Å². The largest absolute Gasteiger partial charge is 0.482 e. The number of carbonyl (C=O) groups excluding carboxylic acids is 3. The van der Waals surface area contributed by atoms with Gasteiger partial charge in [-0.3, -0.25) is 9.59 Å². The Hall–Kier alpha value is -3.35. The lowest BCUT2D eigenvalue weighted by Crippen LogP contribution is -2.24. The van der Waals surface area contributed by atoms with Crippen molar-refractivity contribution in [3.63, 3.8) is 0 Å². The second kappa shape index (κ2) is 9.23. The molecule has 152 valence electrons. The Bertz CT molecular complexity index is 908. The highest BCUT2D eigenvalue weighted by Gasteiger charge is 2.21. The Kier molecular flexibility index (Phi) is 6.49. The van der Waals surface area contributed by atoms with E-state index < -0.39 is 18.5 Å². The molecule has 1 aliphatic heterocycles. The van der Waals surface area contributed by atoms with Crippen LogP contribution in [0, 0.1) is 13.8 Å². The maximum absolute atomic E-state index is 12.0. The van der Waals surface area contributed by atoms with E-state index in [2.05, 4.69) is 5.32 Å². The maximum atomic E-state index is 12.0. The Balaban J connectivity index is 1.43. The van der Waals surface area contributed by atoms with Crippen LogP contribution in [-0.4, -0.2) is 37.5 Å². The van der Waals surface area contributed by atoms with Gasteiger partial charge in [-0.05, 0) is 61.7 Å². The monoisotopic (exact) mass is 396 g/mol. The number of hydrogen-bond acceptors (Lipinski definition) is 5. The first-order valence-electron chi connectivity index (χ1n) is 9.49. The van der Waals surface area contributed by atoms with Gasteiger partial charge in [0, 0.05) is 24.3 Å². The first kappa shape index (κ1) is 20.4. The minimum atomic E-state index is -0.621. The van der Waals surface area contributed by atoms with Crippen LogP contribution in [0.4, 0.5) is 11.4 Å². The molecule has 0 bridgehead atoms. The van der Waals surface area contributed by atoms with Crippen LogP contribution >= 0.6 is 0 Å². The summed E-state index contributed by atoms with van der Waals surface area (Å²) < 4.78 is 10.4. The minimum Gasteiger partial charge on any atom is -0.482 e. The molecule has 0 aliphatic carbocycles. The van der Waals surface area contributed by atoms with Gasteiger partial charge < -0.3 is 19.7 Å². The van der Waals surface area contributed by atoms with Crippen LogP contribution in [0.15, 0.2) is 42.5 Å². The van der Waals surface area contributed by atoms with Crippen molar-refractivity contribution in [1.82, 2.24) is 0 Å². The lowest BCUT2D eigenvalue weighted by atomic mass is 10.1. The molecule has 7 nitrogen and oxygen atoms in total.